The van der Waals surface area contributed by atoms with E-state index >= 15 is 0 Å². The van der Waals surface area contributed by atoms with Crippen LogP contribution in [0.25, 0.3) is 0 Å². The van der Waals surface area contributed by atoms with Gasteiger partial charge in [-0.25, -0.2) is 4.79 Å². The highest BCUT2D eigenvalue weighted by Gasteiger charge is 2.51. The van der Waals surface area contributed by atoms with Crippen molar-refractivity contribution in [1.29, 1.82) is 0 Å². The molecule has 1 atom stereocenters. The Labute approximate surface area is 163 Å². The van der Waals surface area contributed by atoms with Gasteiger partial charge in [-0.2, -0.15) is 0 Å². The number of fused-ring (bicyclic) bond motifs is 1. The molecule has 1 aromatic carbocycles. The zero-order valence-electron chi connectivity index (χ0n) is 17.4. The van der Waals surface area contributed by atoms with Gasteiger partial charge >= 0.3 is 13.2 Å². The van der Waals surface area contributed by atoms with Crippen molar-refractivity contribution in [3.63, 3.8) is 0 Å². The van der Waals surface area contributed by atoms with Crippen molar-refractivity contribution in [1.82, 2.24) is 4.90 Å². The van der Waals surface area contributed by atoms with Gasteiger partial charge in [0.05, 0.1) is 11.2 Å². The fraction of sp³-hybridized carbons (Fsp3) is 0.667. The van der Waals surface area contributed by atoms with Crippen molar-refractivity contribution in [3.8, 4) is 0 Å². The van der Waals surface area contributed by atoms with Crippen LogP contribution in [0.1, 0.15) is 65.0 Å². The number of carboxylic acid groups (broad SMARTS) is 1. The summed E-state index contributed by atoms with van der Waals surface area (Å²) in [6.45, 7) is 13.7. The lowest BCUT2D eigenvalue weighted by Gasteiger charge is -2.32. The summed E-state index contributed by atoms with van der Waals surface area (Å²) in [7, 11) is -0.386. The second-order valence-corrected chi connectivity index (χ2v) is 9.35. The van der Waals surface area contributed by atoms with E-state index in [-0.39, 0.29) is 24.2 Å². The van der Waals surface area contributed by atoms with E-state index in [1.807, 2.05) is 0 Å². The van der Waals surface area contributed by atoms with Gasteiger partial charge in [0.2, 0.25) is 0 Å². The largest absolute Gasteiger partial charge is 0.494 e. The molecule has 0 spiro atoms. The van der Waals surface area contributed by atoms with Gasteiger partial charge in [0.15, 0.2) is 0 Å². The number of hydrogen-bond acceptors (Lipinski definition) is 3. The number of nitrogens with zero attached hydrogens (tertiary/aromatic N) is 1. The third kappa shape index (κ3) is 4.02. The van der Waals surface area contributed by atoms with Crippen molar-refractivity contribution in [2.45, 2.75) is 71.5 Å². The molecule has 1 fully saturated rings. The maximum absolute atomic E-state index is 11.6. The van der Waals surface area contributed by atoms with Crippen LogP contribution in [0.2, 0.25) is 0 Å². The van der Waals surface area contributed by atoms with Gasteiger partial charge in [-0.1, -0.05) is 32.0 Å². The van der Waals surface area contributed by atoms with Crippen LogP contribution < -0.4 is 5.46 Å². The lowest BCUT2D eigenvalue weighted by molar-refractivity contribution is 0.00578. The first kappa shape index (κ1) is 20.2. The van der Waals surface area contributed by atoms with Gasteiger partial charge < -0.3 is 19.3 Å². The van der Waals surface area contributed by atoms with Gasteiger partial charge in [0, 0.05) is 19.0 Å². The molecule has 27 heavy (non-hydrogen) atoms. The zero-order valence-corrected chi connectivity index (χ0v) is 17.4. The minimum Gasteiger partial charge on any atom is -0.465 e. The van der Waals surface area contributed by atoms with Crippen LogP contribution in [0.5, 0.6) is 0 Å². The molecule has 0 saturated carbocycles. The third-order valence-electron chi connectivity index (χ3n) is 6.25. The van der Waals surface area contributed by atoms with Crippen molar-refractivity contribution in [2.75, 3.05) is 13.1 Å². The normalized spacial score (nSPS) is 24.0. The first-order valence-electron chi connectivity index (χ1n) is 9.96. The molecule has 3 rings (SSSR count). The molecule has 2 aliphatic heterocycles. The molecule has 1 saturated heterocycles. The van der Waals surface area contributed by atoms with Crippen LogP contribution in [0, 0.1) is 5.92 Å². The predicted octanol–water partition coefficient (Wildman–Crippen LogP) is 3.65. The molecule has 5 nitrogen and oxygen atoms in total. The Balaban J connectivity index is 1.91. The number of carbonyl (C=O) groups is 1. The molecule has 0 bridgehead atoms. The molecule has 1 aromatic rings. The van der Waals surface area contributed by atoms with Crippen LogP contribution in [0.15, 0.2) is 18.2 Å². The molecule has 1 N–H and O–H groups in total. The highest BCUT2D eigenvalue weighted by molar-refractivity contribution is 6.62. The number of benzene rings is 1. The van der Waals surface area contributed by atoms with E-state index in [0.717, 1.165) is 18.3 Å². The Morgan fingerprint density at radius 1 is 1.26 bits per heavy atom. The number of hydrogen-bond donors (Lipinski definition) is 1. The van der Waals surface area contributed by atoms with Crippen molar-refractivity contribution in [2.24, 2.45) is 5.92 Å². The van der Waals surface area contributed by atoms with Gasteiger partial charge in [-0.05, 0) is 63.0 Å². The number of rotatable bonds is 3. The van der Waals surface area contributed by atoms with Crippen LogP contribution in [0.4, 0.5) is 4.79 Å². The van der Waals surface area contributed by atoms with E-state index in [1.165, 1.54) is 11.1 Å². The Morgan fingerprint density at radius 3 is 2.44 bits per heavy atom. The predicted molar refractivity (Wildman–Crippen MR) is 108 cm³/mol. The second kappa shape index (κ2) is 7.14. The summed E-state index contributed by atoms with van der Waals surface area (Å²) >= 11 is 0. The molecular formula is C21H32BNO4. The van der Waals surface area contributed by atoms with Crippen LogP contribution >= 0.6 is 0 Å². The molecule has 0 aromatic heterocycles. The van der Waals surface area contributed by atoms with Gasteiger partial charge in [0.1, 0.15) is 0 Å². The molecule has 0 radical (unpaired) electrons. The highest BCUT2D eigenvalue weighted by atomic mass is 16.7. The molecule has 2 aliphatic rings. The quantitative estimate of drug-likeness (QED) is 0.822. The van der Waals surface area contributed by atoms with E-state index in [2.05, 4.69) is 59.7 Å². The van der Waals surface area contributed by atoms with E-state index in [9.17, 15) is 9.90 Å². The Bertz CT molecular complexity index is 700. The lowest BCUT2D eigenvalue weighted by atomic mass is 9.76. The summed E-state index contributed by atoms with van der Waals surface area (Å²) in [5, 5.41) is 9.52. The summed E-state index contributed by atoms with van der Waals surface area (Å²) in [5.74, 6) is 0.741. The SMILES string of the molecule is CC(C)CC1CN(C(=O)O)CCc2cc(B3OC(C)(C)C(C)(C)O3)ccc21. The maximum atomic E-state index is 11.6. The topological polar surface area (TPSA) is 59.0 Å². The standard InChI is InChI=1S/C21H32BNO4/c1-14(2)11-16-13-23(19(24)25)10-9-15-12-17(7-8-18(15)16)22-26-20(3,4)21(5,6)27-22/h7-8,12,14,16H,9-11,13H2,1-6H3,(H,24,25). The minimum atomic E-state index is -0.831. The van der Waals surface area contributed by atoms with Gasteiger partial charge in [-0.15, -0.1) is 0 Å². The monoisotopic (exact) mass is 373 g/mol. The zero-order chi connectivity index (χ0) is 20.0. The summed E-state index contributed by atoms with van der Waals surface area (Å²) in [6, 6.07) is 6.41. The average Bonchev–Trinajstić information content (AvgIpc) is 2.69. The average molecular weight is 373 g/mol. The lowest BCUT2D eigenvalue weighted by Crippen LogP contribution is -2.41. The van der Waals surface area contributed by atoms with E-state index in [1.54, 1.807) is 4.90 Å². The second-order valence-electron chi connectivity index (χ2n) is 9.35. The van der Waals surface area contributed by atoms with Gasteiger partial charge in [0.25, 0.3) is 0 Å². The fourth-order valence-electron chi connectivity index (χ4n) is 4.02. The van der Waals surface area contributed by atoms with Crippen molar-refractivity contribution in [3.05, 3.63) is 29.3 Å². The molecule has 148 valence electrons. The summed E-state index contributed by atoms with van der Waals surface area (Å²) in [4.78, 5) is 13.2. The maximum Gasteiger partial charge on any atom is 0.494 e. The van der Waals surface area contributed by atoms with Crippen molar-refractivity contribution < 1.29 is 19.2 Å². The molecule has 0 aliphatic carbocycles. The molecule has 1 unspecified atom stereocenters. The Kier molecular flexibility index (Phi) is 5.34. The number of amides is 1. The Morgan fingerprint density at radius 2 is 1.89 bits per heavy atom. The third-order valence-corrected chi connectivity index (χ3v) is 6.25. The highest BCUT2D eigenvalue weighted by Crippen LogP contribution is 2.37. The van der Waals surface area contributed by atoms with Gasteiger partial charge in [-0.3, -0.25) is 0 Å². The Hall–Kier alpha value is -1.53. The van der Waals surface area contributed by atoms with Crippen LogP contribution in [-0.4, -0.2) is 47.5 Å². The van der Waals surface area contributed by atoms with Crippen LogP contribution in [-0.2, 0) is 15.7 Å². The first-order chi connectivity index (χ1) is 12.5. The molecule has 2 heterocycles. The van der Waals surface area contributed by atoms with E-state index < -0.39 is 6.09 Å². The van der Waals surface area contributed by atoms with Crippen molar-refractivity contribution >= 4 is 18.7 Å². The summed E-state index contributed by atoms with van der Waals surface area (Å²) in [5.41, 5.74) is 2.76. The fourth-order valence-corrected chi connectivity index (χ4v) is 4.02. The molecule has 1 amide bonds. The first-order valence-corrected chi connectivity index (χ1v) is 9.96. The summed E-state index contributed by atoms with van der Waals surface area (Å²) < 4.78 is 12.4. The molecule has 6 heteroatoms. The van der Waals surface area contributed by atoms with Crippen LogP contribution in [0.3, 0.4) is 0 Å². The summed E-state index contributed by atoms with van der Waals surface area (Å²) in [6.07, 6.45) is 0.874. The van der Waals surface area contributed by atoms with E-state index in [0.29, 0.717) is 19.0 Å². The minimum absolute atomic E-state index is 0.228. The molecular weight excluding hydrogens is 341 g/mol. The van der Waals surface area contributed by atoms with E-state index in [4.69, 9.17) is 9.31 Å². The smallest absolute Gasteiger partial charge is 0.465 e.